The molecule has 1 atom stereocenters. The van der Waals surface area contributed by atoms with Gasteiger partial charge in [0.25, 0.3) is 0 Å². The second-order valence-electron chi connectivity index (χ2n) is 7.02. The third-order valence-electron chi connectivity index (χ3n) is 4.94. The summed E-state index contributed by atoms with van der Waals surface area (Å²) in [4.78, 5) is 29.5. The average Bonchev–Trinajstić information content (AvgIpc) is 3.30. The second kappa shape index (κ2) is 7.77. The number of hydrogen-bond acceptors (Lipinski definition) is 6. The molecule has 1 aliphatic rings. The standard InChI is InChI=1S/C19H23N3O5/c1-19(18(24)25)10-11-22(12-19)16(23)5-3-4-15-20-17(21-27-15)13-6-8-14(26-2)9-7-13/h6-9H,3-5,10-12H2,1-2H3,(H,24,25). The zero-order valence-electron chi connectivity index (χ0n) is 15.5. The van der Waals surface area contributed by atoms with Crippen LogP contribution >= 0.6 is 0 Å². The summed E-state index contributed by atoms with van der Waals surface area (Å²) in [5.74, 6) is 0.840. The van der Waals surface area contributed by atoms with Crippen molar-refractivity contribution in [3.05, 3.63) is 30.2 Å². The molecule has 0 spiro atoms. The minimum Gasteiger partial charge on any atom is -0.497 e. The molecular weight excluding hydrogens is 350 g/mol. The molecule has 0 bridgehead atoms. The van der Waals surface area contributed by atoms with E-state index in [4.69, 9.17) is 9.26 Å². The van der Waals surface area contributed by atoms with E-state index >= 15 is 0 Å². The van der Waals surface area contributed by atoms with E-state index in [0.717, 1.165) is 11.3 Å². The van der Waals surface area contributed by atoms with Gasteiger partial charge >= 0.3 is 5.97 Å². The minimum absolute atomic E-state index is 0.0325. The topological polar surface area (TPSA) is 106 Å². The molecule has 27 heavy (non-hydrogen) atoms. The number of likely N-dealkylation sites (tertiary alicyclic amines) is 1. The van der Waals surface area contributed by atoms with Crippen LogP contribution in [0.3, 0.4) is 0 Å². The Hall–Kier alpha value is -2.90. The molecule has 1 aromatic heterocycles. The summed E-state index contributed by atoms with van der Waals surface area (Å²) in [5.41, 5.74) is -0.0121. The van der Waals surface area contributed by atoms with Crippen LogP contribution in [-0.4, -0.2) is 52.2 Å². The van der Waals surface area contributed by atoms with Gasteiger partial charge in [-0.1, -0.05) is 5.16 Å². The van der Waals surface area contributed by atoms with E-state index in [2.05, 4.69) is 10.1 Å². The van der Waals surface area contributed by atoms with Crippen LogP contribution in [-0.2, 0) is 16.0 Å². The van der Waals surface area contributed by atoms with E-state index in [1.807, 2.05) is 24.3 Å². The van der Waals surface area contributed by atoms with Gasteiger partial charge in [0, 0.05) is 31.5 Å². The first-order chi connectivity index (χ1) is 12.9. The van der Waals surface area contributed by atoms with Gasteiger partial charge in [-0.2, -0.15) is 4.98 Å². The van der Waals surface area contributed by atoms with Crippen LogP contribution in [0.25, 0.3) is 11.4 Å². The highest BCUT2D eigenvalue weighted by molar-refractivity contribution is 5.80. The number of rotatable bonds is 7. The molecule has 1 N–H and O–H groups in total. The molecule has 0 aliphatic carbocycles. The van der Waals surface area contributed by atoms with Crippen LogP contribution in [0.2, 0.25) is 0 Å². The highest BCUT2D eigenvalue weighted by Gasteiger charge is 2.41. The van der Waals surface area contributed by atoms with Gasteiger partial charge in [0.2, 0.25) is 17.6 Å². The van der Waals surface area contributed by atoms with Gasteiger partial charge in [0.15, 0.2) is 0 Å². The van der Waals surface area contributed by atoms with Crippen LogP contribution < -0.4 is 4.74 Å². The van der Waals surface area contributed by atoms with Crippen molar-refractivity contribution in [1.29, 1.82) is 0 Å². The smallest absolute Gasteiger partial charge is 0.311 e. The Morgan fingerprint density at radius 2 is 2.07 bits per heavy atom. The first-order valence-corrected chi connectivity index (χ1v) is 8.89. The van der Waals surface area contributed by atoms with Crippen molar-refractivity contribution in [2.45, 2.75) is 32.6 Å². The third-order valence-corrected chi connectivity index (χ3v) is 4.94. The Kier molecular flexibility index (Phi) is 5.43. The average molecular weight is 373 g/mol. The monoisotopic (exact) mass is 373 g/mol. The molecule has 144 valence electrons. The van der Waals surface area contributed by atoms with Gasteiger partial charge in [-0.05, 0) is 44.0 Å². The summed E-state index contributed by atoms with van der Waals surface area (Å²) in [5, 5.41) is 13.2. The van der Waals surface area contributed by atoms with Crippen molar-refractivity contribution in [1.82, 2.24) is 15.0 Å². The van der Waals surface area contributed by atoms with Crippen molar-refractivity contribution in [2.75, 3.05) is 20.2 Å². The number of carboxylic acid groups (broad SMARTS) is 1. The van der Waals surface area contributed by atoms with Crippen molar-refractivity contribution in [3.8, 4) is 17.1 Å². The van der Waals surface area contributed by atoms with Gasteiger partial charge in [-0.3, -0.25) is 9.59 Å². The van der Waals surface area contributed by atoms with Crippen molar-refractivity contribution < 1.29 is 24.0 Å². The molecule has 1 fully saturated rings. The van der Waals surface area contributed by atoms with Crippen molar-refractivity contribution in [2.24, 2.45) is 5.41 Å². The van der Waals surface area contributed by atoms with E-state index in [0.29, 0.717) is 43.9 Å². The summed E-state index contributed by atoms with van der Waals surface area (Å²) < 4.78 is 10.4. The Balaban J connectivity index is 1.49. The molecule has 8 nitrogen and oxygen atoms in total. The maximum Gasteiger partial charge on any atom is 0.311 e. The Morgan fingerprint density at radius 1 is 1.33 bits per heavy atom. The summed E-state index contributed by atoms with van der Waals surface area (Å²) in [6, 6.07) is 7.35. The predicted molar refractivity (Wildman–Crippen MR) is 96.2 cm³/mol. The summed E-state index contributed by atoms with van der Waals surface area (Å²) in [6.45, 7) is 2.44. The van der Waals surface area contributed by atoms with Crippen LogP contribution in [0.5, 0.6) is 5.75 Å². The predicted octanol–water partition coefficient (Wildman–Crippen LogP) is 2.39. The lowest BCUT2D eigenvalue weighted by Gasteiger charge is -2.20. The molecule has 2 heterocycles. The first-order valence-electron chi connectivity index (χ1n) is 8.89. The first kappa shape index (κ1) is 18.9. The van der Waals surface area contributed by atoms with E-state index in [1.165, 1.54) is 0 Å². The number of ether oxygens (including phenoxy) is 1. The number of aromatic nitrogens is 2. The number of carboxylic acids is 1. The second-order valence-corrected chi connectivity index (χ2v) is 7.02. The number of nitrogens with zero attached hydrogens (tertiary/aromatic N) is 3. The highest BCUT2D eigenvalue weighted by Crippen LogP contribution is 2.30. The maximum absolute atomic E-state index is 12.3. The summed E-state index contributed by atoms with van der Waals surface area (Å²) >= 11 is 0. The molecule has 1 unspecified atom stereocenters. The Morgan fingerprint density at radius 3 is 2.70 bits per heavy atom. The number of benzene rings is 1. The molecule has 1 amide bonds. The van der Waals surface area contributed by atoms with Crippen LogP contribution in [0, 0.1) is 5.41 Å². The molecule has 1 saturated heterocycles. The van der Waals surface area contributed by atoms with Crippen molar-refractivity contribution in [3.63, 3.8) is 0 Å². The zero-order valence-corrected chi connectivity index (χ0v) is 15.5. The fourth-order valence-electron chi connectivity index (χ4n) is 3.11. The lowest BCUT2D eigenvalue weighted by molar-refractivity contribution is -0.147. The van der Waals surface area contributed by atoms with Crippen molar-refractivity contribution >= 4 is 11.9 Å². The van der Waals surface area contributed by atoms with Gasteiger partial charge < -0.3 is 19.3 Å². The van der Waals surface area contributed by atoms with Crippen LogP contribution in [0.15, 0.2) is 28.8 Å². The number of aryl methyl sites for hydroxylation is 1. The number of aliphatic carboxylic acids is 1. The number of carbonyl (C=O) groups excluding carboxylic acids is 1. The molecule has 0 saturated carbocycles. The largest absolute Gasteiger partial charge is 0.497 e. The van der Waals surface area contributed by atoms with E-state index in [1.54, 1.807) is 18.9 Å². The lowest BCUT2D eigenvalue weighted by atomic mass is 9.90. The van der Waals surface area contributed by atoms with E-state index < -0.39 is 11.4 Å². The Labute approximate surface area is 157 Å². The Bertz CT molecular complexity index is 817. The number of hydrogen-bond donors (Lipinski definition) is 1. The molecule has 8 heteroatoms. The summed E-state index contributed by atoms with van der Waals surface area (Å²) in [7, 11) is 1.60. The number of amides is 1. The van der Waals surface area contributed by atoms with Gasteiger partial charge in [-0.15, -0.1) is 0 Å². The normalized spacial score (nSPS) is 19.3. The van der Waals surface area contributed by atoms with Gasteiger partial charge in [0.05, 0.1) is 12.5 Å². The van der Waals surface area contributed by atoms with Gasteiger partial charge in [-0.25, -0.2) is 0 Å². The molecule has 2 aromatic rings. The van der Waals surface area contributed by atoms with Gasteiger partial charge in [0.1, 0.15) is 5.75 Å². The number of carbonyl (C=O) groups is 2. The number of methoxy groups -OCH3 is 1. The zero-order chi connectivity index (χ0) is 19.4. The third kappa shape index (κ3) is 4.27. The molecule has 1 aromatic carbocycles. The SMILES string of the molecule is COc1ccc(-c2noc(CCCC(=O)N3CCC(C)(C(=O)O)C3)n2)cc1. The minimum atomic E-state index is -0.852. The summed E-state index contributed by atoms with van der Waals surface area (Å²) in [6.07, 6.45) is 1.89. The maximum atomic E-state index is 12.3. The fourth-order valence-corrected chi connectivity index (χ4v) is 3.11. The fraction of sp³-hybridized carbons (Fsp3) is 0.474. The molecular formula is C19H23N3O5. The molecule has 3 rings (SSSR count). The quantitative estimate of drug-likeness (QED) is 0.794. The van der Waals surface area contributed by atoms with E-state index in [-0.39, 0.29) is 12.5 Å². The van der Waals surface area contributed by atoms with E-state index in [9.17, 15) is 14.7 Å². The molecule has 0 radical (unpaired) electrons. The van der Waals surface area contributed by atoms with Crippen LogP contribution in [0.1, 0.15) is 32.1 Å². The molecule has 1 aliphatic heterocycles. The highest BCUT2D eigenvalue weighted by atomic mass is 16.5. The van der Waals surface area contributed by atoms with Crippen LogP contribution in [0.4, 0.5) is 0 Å². The lowest BCUT2D eigenvalue weighted by Crippen LogP contribution is -2.34.